The number of quaternary nitrogens is 1. The van der Waals surface area contributed by atoms with Crippen LogP contribution in [0.25, 0.3) is 0 Å². The molecule has 1 N–H and O–H groups in total. The van der Waals surface area contributed by atoms with Crippen LogP contribution < -0.4 is 0 Å². The molecule has 0 heterocycles. The molecule has 0 aromatic carbocycles. The van der Waals surface area contributed by atoms with Crippen molar-refractivity contribution in [3.63, 3.8) is 0 Å². The average molecular weight is 685 g/mol. The van der Waals surface area contributed by atoms with Crippen LogP contribution in [0.15, 0.2) is 0 Å². The molecule has 0 fully saturated rings. The highest BCUT2D eigenvalue weighted by Crippen LogP contribution is 2.15. The predicted molar refractivity (Wildman–Crippen MR) is 197 cm³/mol. The van der Waals surface area contributed by atoms with E-state index in [0.717, 1.165) is 38.5 Å². The molecule has 0 aromatic rings. The highest BCUT2D eigenvalue weighted by Gasteiger charge is 2.31. The Morgan fingerprint density at radius 3 is 1.29 bits per heavy atom. The summed E-state index contributed by atoms with van der Waals surface area (Å²) in [6, 6.07) is -0.606. The Balaban J connectivity index is 4.37. The first kappa shape index (κ1) is 46.3. The van der Waals surface area contributed by atoms with Gasteiger partial charge in [-0.05, 0) is 12.8 Å². The van der Waals surface area contributed by atoms with Gasteiger partial charge in [-0.15, -0.1) is 0 Å². The molecule has 0 aliphatic rings. The fourth-order valence-corrected chi connectivity index (χ4v) is 6.09. The molecule has 8 nitrogen and oxygen atoms in total. The van der Waals surface area contributed by atoms with Gasteiger partial charge in [0.25, 0.3) is 0 Å². The van der Waals surface area contributed by atoms with Crippen molar-refractivity contribution in [2.24, 2.45) is 0 Å². The Hall–Kier alpha value is -1.67. The van der Waals surface area contributed by atoms with Crippen LogP contribution in [0.1, 0.15) is 187 Å². The molecule has 284 valence electrons. The number of aliphatic carboxylic acids is 1. The lowest BCUT2D eigenvalue weighted by molar-refractivity contribution is -0.887. The summed E-state index contributed by atoms with van der Waals surface area (Å²) < 4.78 is 17.2. The number of likely N-dealkylation sites (N-methyl/N-ethyl adjacent to an activating group) is 1. The summed E-state index contributed by atoms with van der Waals surface area (Å²) in [6.45, 7) is 4.74. The van der Waals surface area contributed by atoms with E-state index in [9.17, 15) is 19.5 Å². The number of rotatable bonds is 36. The zero-order chi connectivity index (χ0) is 35.7. The topological polar surface area (TPSA) is 99.1 Å². The SMILES string of the molecule is CCCCCCCCCCCCCCCC(=O)OC(COCCC(C(=O)O)[N+](C)(C)C)COC(=O)CCCCCCCCCCCCC. The molecule has 0 saturated carbocycles. The molecule has 2 atom stereocenters. The van der Waals surface area contributed by atoms with Gasteiger partial charge in [-0.25, -0.2) is 4.79 Å². The number of carboxylic acids is 1. The van der Waals surface area contributed by atoms with E-state index in [4.69, 9.17) is 14.2 Å². The van der Waals surface area contributed by atoms with Gasteiger partial charge in [0.05, 0.1) is 34.4 Å². The van der Waals surface area contributed by atoms with Crippen molar-refractivity contribution in [1.29, 1.82) is 0 Å². The Morgan fingerprint density at radius 2 is 0.917 bits per heavy atom. The number of carbonyl (C=O) groups is 3. The summed E-state index contributed by atoms with van der Waals surface area (Å²) in [4.78, 5) is 36.8. The molecule has 0 saturated heterocycles. The maximum Gasteiger partial charge on any atom is 0.362 e. The second-order valence-corrected chi connectivity index (χ2v) is 14.9. The number of hydrogen-bond acceptors (Lipinski definition) is 6. The largest absolute Gasteiger partial charge is 0.477 e. The molecule has 0 rings (SSSR count). The van der Waals surface area contributed by atoms with Crippen LogP contribution in [0, 0.1) is 0 Å². The quantitative estimate of drug-likeness (QED) is 0.0398. The molecular weight excluding hydrogens is 606 g/mol. The Morgan fingerprint density at radius 1 is 0.542 bits per heavy atom. The van der Waals surface area contributed by atoms with Crippen LogP contribution in [0.4, 0.5) is 0 Å². The van der Waals surface area contributed by atoms with E-state index < -0.39 is 18.1 Å². The first-order valence-electron chi connectivity index (χ1n) is 20.1. The van der Waals surface area contributed by atoms with Crippen LogP contribution in [-0.2, 0) is 28.6 Å². The summed E-state index contributed by atoms with van der Waals surface area (Å²) in [5.41, 5.74) is 0. The van der Waals surface area contributed by atoms with Gasteiger partial charge < -0.3 is 23.8 Å². The zero-order valence-corrected chi connectivity index (χ0v) is 32.2. The number of carbonyl (C=O) groups excluding carboxylic acids is 2. The number of hydrogen-bond donors (Lipinski definition) is 1. The summed E-state index contributed by atoms with van der Waals surface area (Å²) in [5.74, 6) is -1.45. The zero-order valence-electron chi connectivity index (χ0n) is 32.2. The Bertz CT molecular complexity index is 767. The van der Waals surface area contributed by atoms with E-state index in [1.165, 1.54) is 116 Å². The highest BCUT2D eigenvalue weighted by atomic mass is 16.6. The molecule has 0 aliphatic carbocycles. The van der Waals surface area contributed by atoms with Crippen molar-refractivity contribution in [1.82, 2.24) is 0 Å². The van der Waals surface area contributed by atoms with E-state index in [1.807, 2.05) is 21.1 Å². The monoisotopic (exact) mass is 685 g/mol. The van der Waals surface area contributed by atoms with E-state index in [-0.39, 0.29) is 36.2 Å². The summed E-state index contributed by atoms with van der Waals surface area (Å²) >= 11 is 0. The van der Waals surface area contributed by atoms with Gasteiger partial charge in [0, 0.05) is 19.3 Å². The first-order chi connectivity index (χ1) is 23.1. The van der Waals surface area contributed by atoms with Crippen LogP contribution in [0.3, 0.4) is 0 Å². The molecule has 0 aromatic heterocycles. The lowest BCUT2D eigenvalue weighted by Crippen LogP contribution is -2.50. The number of carboxylic acid groups (broad SMARTS) is 1. The van der Waals surface area contributed by atoms with Crippen molar-refractivity contribution in [3.05, 3.63) is 0 Å². The number of nitrogens with zero attached hydrogens (tertiary/aromatic N) is 1. The second kappa shape index (κ2) is 32.5. The van der Waals surface area contributed by atoms with Crippen molar-refractivity contribution in [2.75, 3.05) is 41.0 Å². The van der Waals surface area contributed by atoms with Crippen LogP contribution in [-0.4, -0.2) is 80.6 Å². The molecule has 0 radical (unpaired) electrons. The smallest absolute Gasteiger partial charge is 0.362 e. The Labute approximate surface area is 296 Å². The fraction of sp³-hybridized carbons (Fsp3) is 0.925. The van der Waals surface area contributed by atoms with Gasteiger partial charge in [0.2, 0.25) is 0 Å². The number of ether oxygens (including phenoxy) is 3. The van der Waals surface area contributed by atoms with Crippen LogP contribution in [0.5, 0.6) is 0 Å². The van der Waals surface area contributed by atoms with Gasteiger partial charge in [-0.2, -0.15) is 0 Å². The highest BCUT2D eigenvalue weighted by molar-refractivity contribution is 5.72. The van der Waals surface area contributed by atoms with Crippen LogP contribution in [0.2, 0.25) is 0 Å². The third-order valence-electron chi connectivity index (χ3n) is 9.26. The lowest BCUT2D eigenvalue weighted by atomic mass is 10.0. The van der Waals surface area contributed by atoms with Gasteiger partial charge in [0.15, 0.2) is 12.1 Å². The molecule has 0 aliphatic heterocycles. The van der Waals surface area contributed by atoms with E-state index in [1.54, 1.807) is 0 Å². The lowest BCUT2D eigenvalue weighted by Gasteiger charge is -2.31. The van der Waals surface area contributed by atoms with Crippen molar-refractivity contribution in [3.8, 4) is 0 Å². The van der Waals surface area contributed by atoms with E-state index >= 15 is 0 Å². The first-order valence-corrected chi connectivity index (χ1v) is 20.1. The van der Waals surface area contributed by atoms with Gasteiger partial charge in [0.1, 0.15) is 6.61 Å². The van der Waals surface area contributed by atoms with Crippen molar-refractivity contribution in [2.45, 2.75) is 199 Å². The minimum absolute atomic E-state index is 0.0428. The van der Waals surface area contributed by atoms with Crippen LogP contribution >= 0.6 is 0 Å². The van der Waals surface area contributed by atoms with E-state index in [2.05, 4.69) is 13.8 Å². The Kier molecular flexibility index (Phi) is 31.4. The number of unbranched alkanes of at least 4 members (excludes halogenated alkanes) is 22. The summed E-state index contributed by atoms with van der Waals surface area (Å²) in [7, 11) is 5.53. The minimum Gasteiger partial charge on any atom is -0.477 e. The van der Waals surface area contributed by atoms with Gasteiger partial charge in [-0.1, -0.05) is 155 Å². The molecule has 48 heavy (non-hydrogen) atoms. The molecule has 8 heteroatoms. The van der Waals surface area contributed by atoms with Gasteiger partial charge in [-0.3, -0.25) is 9.59 Å². The molecule has 0 bridgehead atoms. The van der Waals surface area contributed by atoms with Gasteiger partial charge >= 0.3 is 17.9 Å². The second-order valence-electron chi connectivity index (χ2n) is 14.9. The standard InChI is InChI=1S/C40H77NO7/c1-6-8-10-12-14-16-18-19-21-23-25-27-29-31-39(43)48-36(34-46-33-32-37(40(44)45)41(3,4)5)35-47-38(42)30-28-26-24-22-20-17-15-13-11-9-7-2/h36-37H,6-35H2,1-5H3/p+1. The van der Waals surface area contributed by atoms with Crippen molar-refractivity contribution < 1.29 is 38.2 Å². The minimum atomic E-state index is -0.872. The fourth-order valence-electron chi connectivity index (χ4n) is 6.09. The predicted octanol–water partition coefficient (Wildman–Crippen LogP) is 10.2. The number of esters is 2. The maximum absolute atomic E-state index is 12.6. The molecule has 2 unspecified atom stereocenters. The molecule has 0 spiro atoms. The third kappa shape index (κ3) is 30.4. The molecule has 0 amide bonds. The summed E-state index contributed by atoms with van der Waals surface area (Å²) in [6.07, 6.45) is 29.9. The third-order valence-corrected chi connectivity index (χ3v) is 9.26. The van der Waals surface area contributed by atoms with Crippen molar-refractivity contribution >= 4 is 17.9 Å². The normalized spacial score (nSPS) is 12.9. The van der Waals surface area contributed by atoms with E-state index in [0.29, 0.717) is 19.3 Å². The average Bonchev–Trinajstić information content (AvgIpc) is 3.03. The maximum atomic E-state index is 12.6. The molecular formula is C40H78NO7+. The summed E-state index contributed by atoms with van der Waals surface area (Å²) in [5, 5.41) is 9.58.